The molecule has 0 bridgehead atoms. The zero-order valence-electron chi connectivity index (χ0n) is 19.6. The topological polar surface area (TPSA) is 263 Å². The average Bonchev–Trinajstić information content (AvgIpc) is 3.41. The van der Waals surface area contributed by atoms with Crippen LogP contribution in [0.3, 0.4) is 0 Å². The van der Waals surface area contributed by atoms with Gasteiger partial charge in [0.25, 0.3) is 17.4 Å². The number of hydroxylamine groups is 1. The molecule has 0 radical (unpaired) electrons. The smallest absolute Gasteiger partial charge is 0.330 e. The van der Waals surface area contributed by atoms with Crippen molar-refractivity contribution in [3.63, 3.8) is 0 Å². The monoisotopic (exact) mass is 543 g/mol. The van der Waals surface area contributed by atoms with E-state index in [1.165, 1.54) is 7.11 Å². The molecule has 8 N–H and O–H groups in total. The average molecular weight is 543 g/mol. The molecule has 2 saturated heterocycles. The van der Waals surface area contributed by atoms with E-state index >= 15 is 0 Å². The molecular formula is C20H25N5O13. The lowest BCUT2D eigenvalue weighted by molar-refractivity contribution is -0.240. The van der Waals surface area contributed by atoms with Crippen LogP contribution in [-0.2, 0) is 38.2 Å². The van der Waals surface area contributed by atoms with Crippen molar-refractivity contribution in [2.24, 2.45) is 5.73 Å². The van der Waals surface area contributed by atoms with Crippen molar-refractivity contribution in [3.8, 4) is 0 Å². The van der Waals surface area contributed by atoms with E-state index in [1.54, 1.807) is 0 Å². The molecular weight excluding hydrogens is 518 g/mol. The first-order chi connectivity index (χ1) is 18.0. The highest BCUT2D eigenvalue weighted by molar-refractivity contribution is 5.96. The van der Waals surface area contributed by atoms with Gasteiger partial charge in [0.15, 0.2) is 18.1 Å². The molecule has 18 heteroatoms. The Kier molecular flexibility index (Phi) is 7.92. The van der Waals surface area contributed by atoms with Gasteiger partial charge in [0, 0.05) is 19.4 Å². The fourth-order valence-electron chi connectivity index (χ4n) is 4.05. The molecule has 4 rings (SSSR count). The van der Waals surface area contributed by atoms with Crippen molar-refractivity contribution in [1.82, 2.24) is 20.3 Å². The van der Waals surface area contributed by atoms with Crippen LogP contribution in [0.2, 0.25) is 0 Å². The number of nitrogens with two attached hydrogens (primary N) is 1. The van der Waals surface area contributed by atoms with Crippen molar-refractivity contribution in [2.75, 3.05) is 13.7 Å². The van der Waals surface area contributed by atoms with Crippen LogP contribution in [-0.4, -0.2) is 105 Å². The molecule has 0 aliphatic carbocycles. The van der Waals surface area contributed by atoms with E-state index in [4.69, 9.17) is 29.5 Å². The second-order valence-electron chi connectivity index (χ2n) is 8.46. The number of rotatable bonds is 8. The largest absolute Gasteiger partial charge is 0.456 e. The third-order valence-corrected chi connectivity index (χ3v) is 5.97. The van der Waals surface area contributed by atoms with Crippen LogP contribution in [0.1, 0.15) is 6.23 Å². The first-order valence-electron chi connectivity index (χ1n) is 11.1. The maximum Gasteiger partial charge on any atom is 0.330 e. The van der Waals surface area contributed by atoms with Gasteiger partial charge in [0.05, 0.1) is 0 Å². The van der Waals surface area contributed by atoms with E-state index in [0.717, 1.165) is 22.9 Å². The summed E-state index contributed by atoms with van der Waals surface area (Å²) in [6, 6.07) is -0.0392. The number of aliphatic hydroxyl groups is 3. The van der Waals surface area contributed by atoms with Gasteiger partial charge in [-0.1, -0.05) is 0 Å². The molecule has 9 unspecified atom stereocenters. The van der Waals surface area contributed by atoms with Gasteiger partial charge < -0.3 is 45.3 Å². The fraction of sp³-hybridized carbons (Fsp3) is 0.550. The van der Waals surface area contributed by atoms with Gasteiger partial charge in [-0.3, -0.25) is 33.6 Å². The van der Waals surface area contributed by atoms with Crippen LogP contribution in [0, 0.1) is 0 Å². The number of methoxy groups -OCH3 is 1. The molecule has 3 aliphatic heterocycles. The van der Waals surface area contributed by atoms with Crippen LogP contribution >= 0.6 is 0 Å². The summed E-state index contributed by atoms with van der Waals surface area (Å²) in [4.78, 5) is 66.9. The summed E-state index contributed by atoms with van der Waals surface area (Å²) >= 11 is 0. The summed E-state index contributed by atoms with van der Waals surface area (Å²) in [5, 5.41) is 33.7. The predicted octanol–water partition coefficient (Wildman–Crippen LogP) is -5.81. The SMILES string of the molecule is COC1C(O)C(C(OC2OC(C(=O)NC3CONC3=O)=CC(O)C2O)C(N)=O)OC1n1ccc(=O)[nH]c1=O. The number of nitrogens with one attached hydrogen (secondary N) is 3. The Labute approximate surface area is 211 Å². The molecule has 3 amide bonds. The number of aromatic nitrogens is 2. The number of aromatic amines is 1. The lowest BCUT2D eigenvalue weighted by atomic mass is 10.0. The number of primary amides is 1. The minimum atomic E-state index is -1.88. The van der Waals surface area contributed by atoms with Crippen LogP contribution in [0.15, 0.2) is 33.7 Å². The van der Waals surface area contributed by atoms with Crippen LogP contribution in [0.5, 0.6) is 0 Å². The van der Waals surface area contributed by atoms with E-state index in [0.29, 0.717) is 0 Å². The summed E-state index contributed by atoms with van der Waals surface area (Å²) in [6.07, 6.45) is -11.2. The standard InChI is InChI=1S/C20H25N5O13/c1-34-13-11(29)12(37-18(13)25-3-2-9(27)23-20(25)33)14(15(21)30)38-19-10(28)7(26)4-8(36-19)17(32)22-6-5-35-24-16(6)31/h2-4,6-7,10-14,18-19,26,28-29H,5H2,1H3,(H2,21,30)(H,22,32)(H,24,31)(H,23,27,33). The van der Waals surface area contributed by atoms with Gasteiger partial charge in [-0.2, -0.15) is 0 Å². The molecule has 0 saturated carbocycles. The van der Waals surface area contributed by atoms with Gasteiger partial charge in [-0.15, -0.1) is 0 Å². The zero-order chi connectivity index (χ0) is 27.7. The maximum atomic E-state index is 12.5. The Morgan fingerprint density at radius 3 is 2.58 bits per heavy atom. The predicted molar refractivity (Wildman–Crippen MR) is 117 cm³/mol. The van der Waals surface area contributed by atoms with Crippen molar-refractivity contribution in [2.45, 2.75) is 55.2 Å². The number of hydrogen-bond acceptors (Lipinski definition) is 13. The molecule has 3 aliphatic rings. The second kappa shape index (κ2) is 11.0. The number of carbonyl (C=O) groups is 3. The summed E-state index contributed by atoms with van der Waals surface area (Å²) in [5.41, 5.74) is 5.90. The van der Waals surface area contributed by atoms with E-state index in [-0.39, 0.29) is 6.61 Å². The number of aliphatic hydroxyl groups excluding tert-OH is 3. The number of H-pyrrole nitrogens is 1. The highest BCUT2D eigenvalue weighted by Crippen LogP contribution is 2.34. The Morgan fingerprint density at radius 1 is 1.24 bits per heavy atom. The summed E-state index contributed by atoms with van der Waals surface area (Å²) < 4.78 is 22.6. The zero-order valence-corrected chi connectivity index (χ0v) is 19.6. The Morgan fingerprint density at radius 2 is 1.97 bits per heavy atom. The van der Waals surface area contributed by atoms with Crippen LogP contribution in [0.25, 0.3) is 0 Å². The minimum absolute atomic E-state index is 0.177. The molecule has 2 fully saturated rings. The van der Waals surface area contributed by atoms with E-state index in [1.807, 2.05) is 10.5 Å². The summed E-state index contributed by atoms with van der Waals surface area (Å²) in [6.45, 7) is -0.177. The molecule has 0 aromatic carbocycles. The van der Waals surface area contributed by atoms with Crippen molar-refractivity contribution < 1.29 is 53.5 Å². The third kappa shape index (κ3) is 5.31. The van der Waals surface area contributed by atoms with Gasteiger partial charge in [-0.25, -0.2) is 10.3 Å². The highest BCUT2D eigenvalue weighted by atomic mass is 16.7. The molecule has 38 heavy (non-hydrogen) atoms. The van der Waals surface area contributed by atoms with Gasteiger partial charge in [0.1, 0.15) is 43.2 Å². The van der Waals surface area contributed by atoms with Crippen molar-refractivity contribution in [3.05, 3.63) is 44.9 Å². The van der Waals surface area contributed by atoms with Gasteiger partial charge >= 0.3 is 5.69 Å². The number of carbonyl (C=O) groups excluding carboxylic acids is 3. The Balaban J connectivity index is 1.53. The molecule has 1 aromatic heterocycles. The number of hydrogen-bond donors (Lipinski definition) is 7. The first-order valence-corrected chi connectivity index (χ1v) is 11.1. The minimum Gasteiger partial charge on any atom is -0.456 e. The molecule has 9 atom stereocenters. The summed E-state index contributed by atoms with van der Waals surface area (Å²) in [7, 11) is 1.19. The van der Waals surface area contributed by atoms with Crippen molar-refractivity contribution in [1.29, 1.82) is 0 Å². The quantitative estimate of drug-likeness (QED) is 0.161. The first kappa shape index (κ1) is 27.4. The van der Waals surface area contributed by atoms with Crippen molar-refractivity contribution >= 4 is 17.7 Å². The molecule has 0 spiro atoms. The molecule has 208 valence electrons. The van der Waals surface area contributed by atoms with Crippen LogP contribution < -0.4 is 27.8 Å². The number of nitrogens with zero attached hydrogens (tertiary/aromatic N) is 1. The lowest BCUT2D eigenvalue weighted by Gasteiger charge is -2.34. The number of amides is 3. The normalized spacial score (nSPS) is 33.7. The number of ether oxygens (including phenoxy) is 4. The van der Waals surface area contributed by atoms with E-state index in [9.17, 15) is 39.3 Å². The Hall–Kier alpha value is -3.65. The van der Waals surface area contributed by atoms with Crippen LogP contribution in [0.4, 0.5) is 0 Å². The molecule has 4 heterocycles. The van der Waals surface area contributed by atoms with Gasteiger partial charge in [0.2, 0.25) is 12.2 Å². The highest BCUT2D eigenvalue weighted by Gasteiger charge is 2.52. The second-order valence-corrected chi connectivity index (χ2v) is 8.46. The van der Waals surface area contributed by atoms with E-state index in [2.05, 4.69) is 5.32 Å². The summed E-state index contributed by atoms with van der Waals surface area (Å²) in [5.74, 6) is -3.37. The fourth-order valence-corrected chi connectivity index (χ4v) is 4.05. The lowest BCUT2D eigenvalue weighted by Crippen LogP contribution is -2.54. The molecule has 1 aromatic rings. The Bertz CT molecular complexity index is 1230. The van der Waals surface area contributed by atoms with E-state index < -0.39 is 89.9 Å². The maximum absolute atomic E-state index is 12.5. The van der Waals surface area contributed by atoms with Gasteiger partial charge in [-0.05, 0) is 6.08 Å². The third-order valence-electron chi connectivity index (χ3n) is 5.97. The molecule has 18 nitrogen and oxygen atoms in total.